The zero-order valence-electron chi connectivity index (χ0n) is 11.6. The van der Waals surface area contributed by atoms with Crippen LogP contribution in [0.3, 0.4) is 0 Å². The molecule has 0 aliphatic heterocycles. The van der Waals surface area contributed by atoms with E-state index in [0.29, 0.717) is 12.2 Å². The SMILES string of the molecule is CC.CC.CC(C)C(=O)Cc1ccccc1. The van der Waals surface area contributed by atoms with Crippen molar-refractivity contribution in [3.05, 3.63) is 35.9 Å². The highest BCUT2D eigenvalue weighted by atomic mass is 16.1. The number of hydrogen-bond acceptors (Lipinski definition) is 1. The van der Waals surface area contributed by atoms with E-state index in [1.807, 2.05) is 71.9 Å². The molecular formula is C15H26O. The predicted molar refractivity (Wildman–Crippen MR) is 72.7 cm³/mol. The lowest BCUT2D eigenvalue weighted by Gasteiger charge is -2.02. The Balaban J connectivity index is 0. The van der Waals surface area contributed by atoms with Gasteiger partial charge < -0.3 is 0 Å². The molecule has 0 heterocycles. The van der Waals surface area contributed by atoms with Gasteiger partial charge in [0.25, 0.3) is 0 Å². The van der Waals surface area contributed by atoms with Crippen LogP contribution < -0.4 is 0 Å². The Labute approximate surface area is 101 Å². The molecule has 1 aromatic rings. The minimum Gasteiger partial charge on any atom is -0.299 e. The Hall–Kier alpha value is -1.11. The van der Waals surface area contributed by atoms with Gasteiger partial charge in [-0.15, -0.1) is 0 Å². The lowest BCUT2D eigenvalue weighted by Crippen LogP contribution is -2.09. The molecule has 0 aromatic heterocycles. The monoisotopic (exact) mass is 222 g/mol. The van der Waals surface area contributed by atoms with Crippen molar-refractivity contribution in [1.82, 2.24) is 0 Å². The molecule has 0 radical (unpaired) electrons. The molecule has 1 heteroatoms. The third-order valence-corrected chi connectivity index (χ3v) is 1.87. The summed E-state index contributed by atoms with van der Waals surface area (Å²) in [5, 5.41) is 0. The summed E-state index contributed by atoms with van der Waals surface area (Å²) in [6.45, 7) is 11.9. The fourth-order valence-electron chi connectivity index (χ4n) is 1.00. The van der Waals surface area contributed by atoms with Crippen molar-refractivity contribution in [2.24, 2.45) is 5.92 Å². The number of ketones is 1. The highest BCUT2D eigenvalue weighted by molar-refractivity contribution is 5.82. The number of hydrogen-bond donors (Lipinski definition) is 0. The van der Waals surface area contributed by atoms with E-state index < -0.39 is 0 Å². The molecule has 1 nitrogen and oxygen atoms in total. The fraction of sp³-hybridized carbons (Fsp3) is 0.533. The average molecular weight is 222 g/mol. The normalized spacial score (nSPS) is 8.44. The van der Waals surface area contributed by atoms with Crippen molar-refractivity contribution >= 4 is 5.78 Å². The molecule has 1 aromatic carbocycles. The summed E-state index contributed by atoms with van der Waals surface area (Å²) in [4.78, 5) is 11.3. The van der Waals surface area contributed by atoms with E-state index in [4.69, 9.17) is 0 Å². The molecule has 0 aliphatic rings. The molecule has 0 amide bonds. The Bertz CT molecular complexity index is 249. The van der Waals surface area contributed by atoms with Gasteiger partial charge in [0.1, 0.15) is 5.78 Å². The van der Waals surface area contributed by atoms with E-state index in [9.17, 15) is 4.79 Å². The molecule has 1 rings (SSSR count). The van der Waals surface area contributed by atoms with Crippen LogP contribution >= 0.6 is 0 Å². The molecule has 0 saturated heterocycles. The van der Waals surface area contributed by atoms with Crippen LogP contribution in [0, 0.1) is 5.92 Å². The standard InChI is InChI=1S/C11H14O.2C2H6/c1-9(2)11(12)8-10-6-4-3-5-7-10;2*1-2/h3-7,9H,8H2,1-2H3;2*1-2H3. The van der Waals surface area contributed by atoms with E-state index in [-0.39, 0.29) is 5.92 Å². The molecule has 0 atom stereocenters. The van der Waals surface area contributed by atoms with Gasteiger partial charge in [0.15, 0.2) is 0 Å². The smallest absolute Gasteiger partial charge is 0.139 e. The average Bonchev–Trinajstić information content (AvgIpc) is 2.35. The number of Topliss-reactive ketones (excluding diaryl/α,β-unsaturated/α-hetero) is 1. The van der Waals surface area contributed by atoms with E-state index in [0.717, 1.165) is 5.56 Å². The van der Waals surface area contributed by atoms with Crippen molar-refractivity contribution in [2.75, 3.05) is 0 Å². The van der Waals surface area contributed by atoms with E-state index in [2.05, 4.69) is 0 Å². The van der Waals surface area contributed by atoms with Gasteiger partial charge in [0.2, 0.25) is 0 Å². The minimum atomic E-state index is 0.144. The number of rotatable bonds is 3. The lowest BCUT2D eigenvalue weighted by atomic mass is 10.0. The van der Waals surface area contributed by atoms with Crippen LogP contribution in [0.5, 0.6) is 0 Å². The summed E-state index contributed by atoms with van der Waals surface area (Å²) in [7, 11) is 0. The first-order valence-corrected chi connectivity index (χ1v) is 6.27. The van der Waals surface area contributed by atoms with Crippen LogP contribution in [-0.4, -0.2) is 5.78 Å². The van der Waals surface area contributed by atoms with Gasteiger partial charge in [-0.1, -0.05) is 71.9 Å². The highest BCUT2D eigenvalue weighted by Crippen LogP contribution is 2.04. The second-order valence-corrected chi connectivity index (χ2v) is 3.28. The Morgan fingerprint density at radius 2 is 1.44 bits per heavy atom. The molecular weight excluding hydrogens is 196 g/mol. The second-order valence-electron chi connectivity index (χ2n) is 3.28. The molecule has 0 unspecified atom stereocenters. The first-order chi connectivity index (χ1) is 7.70. The quantitative estimate of drug-likeness (QED) is 0.735. The van der Waals surface area contributed by atoms with Crippen molar-refractivity contribution in [2.45, 2.75) is 48.0 Å². The van der Waals surface area contributed by atoms with Crippen molar-refractivity contribution in [3.63, 3.8) is 0 Å². The third-order valence-electron chi connectivity index (χ3n) is 1.87. The molecule has 0 spiro atoms. The largest absolute Gasteiger partial charge is 0.299 e. The topological polar surface area (TPSA) is 17.1 Å². The maximum atomic E-state index is 11.3. The van der Waals surface area contributed by atoms with Gasteiger partial charge in [-0.25, -0.2) is 0 Å². The summed E-state index contributed by atoms with van der Waals surface area (Å²) in [6.07, 6.45) is 0.568. The van der Waals surface area contributed by atoms with Crippen LogP contribution in [0.4, 0.5) is 0 Å². The van der Waals surface area contributed by atoms with Gasteiger partial charge in [0, 0.05) is 12.3 Å². The van der Waals surface area contributed by atoms with Crippen LogP contribution in [0.25, 0.3) is 0 Å². The van der Waals surface area contributed by atoms with Crippen LogP contribution in [0.1, 0.15) is 47.1 Å². The van der Waals surface area contributed by atoms with E-state index in [1.54, 1.807) is 0 Å². The van der Waals surface area contributed by atoms with Gasteiger partial charge in [0.05, 0.1) is 0 Å². The Morgan fingerprint density at radius 1 is 1.00 bits per heavy atom. The maximum Gasteiger partial charge on any atom is 0.139 e. The van der Waals surface area contributed by atoms with E-state index >= 15 is 0 Å². The molecule has 0 aliphatic carbocycles. The number of benzene rings is 1. The second kappa shape index (κ2) is 12.0. The van der Waals surface area contributed by atoms with Crippen molar-refractivity contribution in [3.8, 4) is 0 Å². The van der Waals surface area contributed by atoms with Crippen molar-refractivity contribution in [1.29, 1.82) is 0 Å². The van der Waals surface area contributed by atoms with Gasteiger partial charge in [-0.05, 0) is 5.56 Å². The fourth-order valence-corrected chi connectivity index (χ4v) is 1.00. The summed E-state index contributed by atoms with van der Waals surface area (Å²) >= 11 is 0. The molecule has 0 saturated carbocycles. The zero-order valence-corrected chi connectivity index (χ0v) is 11.6. The van der Waals surface area contributed by atoms with Crippen LogP contribution in [-0.2, 0) is 11.2 Å². The lowest BCUT2D eigenvalue weighted by molar-refractivity contribution is -0.121. The summed E-state index contributed by atoms with van der Waals surface area (Å²) in [5.74, 6) is 0.450. The highest BCUT2D eigenvalue weighted by Gasteiger charge is 2.06. The van der Waals surface area contributed by atoms with E-state index in [1.165, 1.54) is 0 Å². The zero-order chi connectivity index (χ0) is 13.0. The Kier molecular flexibility index (Phi) is 12.9. The summed E-state index contributed by atoms with van der Waals surface area (Å²) in [6, 6.07) is 9.86. The van der Waals surface area contributed by atoms with Crippen LogP contribution in [0.2, 0.25) is 0 Å². The maximum absolute atomic E-state index is 11.3. The van der Waals surface area contributed by atoms with Gasteiger partial charge in [-0.3, -0.25) is 4.79 Å². The first kappa shape index (κ1) is 17.3. The molecule has 16 heavy (non-hydrogen) atoms. The number of carbonyl (C=O) groups is 1. The molecule has 0 N–H and O–H groups in total. The summed E-state index contributed by atoms with van der Waals surface area (Å²) < 4.78 is 0. The van der Waals surface area contributed by atoms with Gasteiger partial charge >= 0.3 is 0 Å². The summed E-state index contributed by atoms with van der Waals surface area (Å²) in [5.41, 5.74) is 1.11. The predicted octanol–water partition coefficient (Wildman–Crippen LogP) is 4.51. The molecule has 92 valence electrons. The molecule has 0 fully saturated rings. The Morgan fingerprint density at radius 3 is 1.81 bits per heavy atom. The van der Waals surface area contributed by atoms with Crippen LogP contribution in [0.15, 0.2) is 30.3 Å². The van der Waals surface area contributed by atoms with Gasteiger partial charge in [-0.2, -0.15) is 0 Å². The van der Waals surface area contributed by atoms with Crippen molar-refractivity contribution < 1.29 is 4.79 Å². The molecule has 0 bridgehead atoms. The minimum absolute atomic E-state index is 0.144. The first-order valence-electron chi connectivity index (χ1n) is 6.27. The number of carbonyl (C=O) groups excluding carboxylic acids is 1. The third kappa shape index (κ3) is 8.22.